The third-order valence-electron chi connectivity index (χ3n) is 4.88. The fraction of sp³-hybridized carbons (Fsp3) is 0.571. The van der Waals surface area contributed by atoms with Gasteiger partial charge in [0.2, 0.25) is 5.91 Å². The maximum atomic E-state index is 12.8. The highest BCUT2D eigenvalue weighted by atomic mass is 35.5. The second kappa shape index (κ2) is 11.1. The molecule has 1 saturated heterocycles. The topological polar surface area (TPSA) is 85.4 Å². The van der Waals surface area contributed by atoms with Crippen LogP contribution in [0, 0.1) is 5.92 Å². The van der Waals surface area contributed by atoms with Gasteiger partial charge in [-0.05, 0) is 38.8 Å². The van der Waals surface area contributed by atoms with Crippen LogP contribution in [-0.2, 0) is 14.3 Å². The number of benzene rings is 1. The van der Waals surface area contributed by atoms with E-state index in [-0.39, 0.29) is 35.3 Å². The summed E-state index contributed by atoms with van der Waals surface area (Å²) in [4.78, 5) is 40.5. The molecule has 2 rings (SSSR count). The number of carbonyl (C=O) groups is 3. The van der Waals surface area contributed by atoms with Crippen LogP contribution in [0.4, 0.5) is 0 Å². The van der Waals surface area contributed by atoms with Gasteiger partial charge in [-0.2, -0.15) is 0 Å². The van der Waals surface area contributed by atoms with Gasteiger partial charge >= 0.3 is 5.97 Å². The zero-order valence-corrected chi connectivity index (χ0v) is 18.7. The highest BCUT2D eigenvalue weighted by Crippen LogP contribution is 2.36. The summed E-state index contributed by atoms with van der Waals surface area (Å²) in [6.45, 7) is 5.05. The number of likely N-dealkylation sites (N-methyl/N-ethyl adjacent to an activating group) is 1. The Morgan fingerprint density at radius 3 is 2.60 bits per heavy atom. The van der Waals surface area contributed by atoms with E-state index in [9.17, 15) is 14.4 Å². The SMILES string of the molecule is CCOC(=O)C1CCCN(C(=O)CN(C)C(=O)c2cc(Cl)c(OCC)c(OC)c2)C1. The summed E-state index contributed by atoms with van der Waals surface area (Å²) in [6, 6.07) is 3.04. The van der Waals surface area contributed by atoms with E-state index in [0.717, 1.165) is 6.42 Å². The molecule has 1 fully saturated rings. The molecule has 30 heavy (non-hydrogen) atoms. The molecular formula is C21H29ClN2O6. The number of hydrogen-bond donors (Lipinski definition) is 0. The van der Waals surface area contributed by atoms with Crippen LogP contribution < -0.4 is 9.47 Å². The van der Waals surface area contributed by atoms with Gasteiger partial charge in [0.25, 0.3) is 5.91 Å². The average Bonchev–Trinajstić information content (AvgIpc) is 2.74. The van der Waals surface area contributed by atoms with Crippen LogP contribution in [0.1, 0.15) is 37.0 Å². The summed E-state index contributed by atoms with van der Waals surface area (Å²) in [7, 11) is 3.01. The molecule has 0 bridgehead atoms. The average molecular weight is 441 g/mol. The Morgan fingerprint density at radius 1 is 1.23 bits per heavy atom. The van der Waals surface area contributed by atoms with Crippen molar-refractivity contribution in [2.24, 2.45) is 5.92 Å². The van der Waals surface area contributed by atoms with Crippen molar-refractivity contribution in [2.45, 2.75) is 26.7 Å². The van der Waals surface area contributed by atoms with Crippen LogP contribution >= 0.6 is 11.6 Å². The lowest BCUT2D eigenvalue weighted by Crippen LogP contribution is -2.47. The number of ether oxygens (including phenoxy) is 3. The molecule has 166 valence electrons. The van der Waals surface area contributed by atoms with Crippen LogP contribution in [-0.4, -0.2) is 74.6 Å². The Bertz CT molecular complexity index is 785. The van der Waals surface area contributed by atoms with Gasteiger partial charge in [-0.15, -0.1) is 0 Å². The van der Waals surface area contributed by atoms with E-state index in [1.54, 1.807) is 18.9 Å². The van der Waals surface area contributed by atoms with Gasteiger partial charge in [0.1, 0.15) is 0 Å². The number of hydrogen-bond acceptors (Lipinski definition) is 6. The third-order valence-corrected chi connectivity index (χ3v) is 5.16. The van der Waals surface area contributed by atoms with E-state index in [0.29, 0.717) is 49.8 Å². The largest absolute Gasteiger partial charge is 0.493 e. The first-order chi connectivity index (χ1) is 14.3. The van der Waals surface area contributed by atoms with Crippen molar-refractivity contribution >= 4 is 29.4 Å². The summed E-state index contributed by atoms with van der Waals surface area (Å²) < 4.78 is 15.8. The number of amides is 2. The van der Waals surface area contributed by atoms with Crippen molar-refractivity contribution in [2.75, 3.05) is 47.0 Å². The smallest absolute Gasteiger partial charge is 0.310 e. The molecule has 1 aliphatic heterocycles. The van der Waals surface area contributed by atoms with Crippen molar-refractivity contribution in [3.63, 3.8) is 0 Å². The molecule has 0 spiro atoms. The van der Waals surface area contributed by atoms with Crippen LogP contribution in [0.3, 0.4) is 0 Å². The molecule has 1 atom stereocenters. The molecule has 1 aliphatic rings. The molecule has 2 amide bonds. The van der Waals surface area contributed by atoms with Gasteiger partial charge in [-0.3, -0.25) is 14.4 Å². The summed E-state index contributed by atoms with van der Waals surface area (Å²) >= 11 is 6.24. The standard InChI is InChI=1S/C21H29ClN2O6/c1-5-29-19-16(22)10-15(11-17(19)28-4)20(26)23(3)13-18(25)24-9-7-8-14(12-24)21(27)30-6-2/h10-11,14H,5-9,12-13H2,1-4H3. The minimum Gasteiger partial charge on any atom is -0.493 e. The number of piperidine rings is 1. The summed E-state index contributed by atoms with van der Waals surface area (Å²) in [5, 5.41) is 0.257. The molecule has 0 radical (unpaired) electrons. The number of rotatable bonds is 8. The second-order valence-electron chi connectivity index (χ2n) is 7.01. The van der Waals surface area contributed by atoms with Crippen molar-refractivity contribution in [1.82, 2.24) is 9.80 Å². The van der Waals surface area contributed by atoms with E-state index in [1.165, 1.54) is 24.1 Å². The van der Waals surface area contributed by atoms with Crippen LogP contribution in [0.5, 0.6) is 11.5 Å². The zero-order valence-electron chi connectivity index (χ0n) is 17.9. The maximum absolute atomic E-state index is 12.8. The molecule has 1 aromatic carbocycles. The summed E-state index contributed by atoms with van der Waals surface area (Å²) in [6.07, 6.45) is 1.42. The van der Waals surface area contributed by atoms with Crippen LogP contribution in [0.15, 0.2) is 12.1 Å². The van der Waals surface area contributed by atoms with E-state index >= 15 is 0 Å². The fourth-order valence-corrected chi connectivity index (χ4v) is 3.64. The molecular weight excluding hydrogens is 412 g/mol. The number of nitrogens with zero attached hydrogens (tertiary/aromatic N) is 2. The van der Waals surface area contributed by atoms with Crippen LogP contribution in [0.2, 0.25) is 5.02 Å². The van der Waals surface area contributed by atoms with E-state index < -0.39 is 0 Å². The Kier molecular flexibility index (Phi) is 8.77. The monoisotopic (exact) mass is 440 g/mol. The molecule has 0 N–H and O–H groups in total. The maximum Gasteiger partial charge on any atom is 0.310 e. The van der Waals surface area contributed by atoms with E-state index in [2.05, 4.69) is 0 Å². The fourth-order valence-electron chi connectivity index (χ4n) is 3.38. The lowest BCUT2D eigenvalue weighted by atomic mass is 9.98. The molecule has 8 nitrogen and oxygen atoms in total. The predicted molar refractivity (Wildman–Crippen MR) is 112 cm³/mol. The van der Waals surface area contributed by atoms with Gasteiger partial charge in [-0.1, -0.05) is 11.6 Å². The Labute approximate surface area is 182 Å². The highest BCUT2D eigenvalue weighted by molar-refractivity contribution is 6.32. The molecule has 1 heterocycles. The number of methoxy groups -OCH3 is 1. The molecule has 0 saturated carbocycles. The van der Waals surface area contributed by atoms with Crippen molar-refractivity contribution < 1.29 is 28.6 Å². The molecule has 1 unspecified atom stereocenters. The van der Waals surface area contributed by atoms with E-state index in [4.69, 9.17) is 25.8 Å². The predicted octanol–water partition coefficient (Wildman–Crippen LogP) is 2.62. The highest BCUT2D eigenvalue weighted by Gasteiger charge is 2.30. The van der Waals surface area contributed by atoms with Crippen LogP contribution in [0.25, 0.3) is 0 Å². The summed E-state index contributed by atoms with van der Waals surface area (Å²) in [5.41, 5.74) is 0.290. The zero-order chi connectivity index (χ0) is 22.3. The first kappa shape index (κ1) is 23.8. The Morgan fingerprint density at radius 2 is 1.97 bits per heavy atom. The quantitative estimate of drug-likeness (QED) is 0.577. The first-order valence-electron chi connectivity index (χ1n) is 10.0. The van der Waals surface area contributed by atoms with Gasteiger partial charge < -0.3 is 24.0 Å². The minimum atomic E-state index is -0.370. The molecule has 9 heteroatoms. The summed E-state index contributed by atoms with van der Waals surface area (Å²) in [5.74, 6) is -0.473. The molecule has 0 aliphatic carbocycles. The molecule has 0 aromatic heterocycles. The lowest BCUT2D eigenvalue weighted by molar-refractivity contribution is -0.151. The molecule has 1 aromatic rings. The minimum absolute atomic E-state index is 0.110. The third kappa shape index (κ3) is 5.78. The number of halogens is 1. The second-order valence-corrected chi connectivity index (χ2v) is 7.42. The lowest BCUT2D eigenvalue weighted by Gasteiger charge is -2.32. The first-order valence-corrected chi connectivity index (χ1v) is 10.4. The number of carbonyl (C=O) groups excluding carboxylic acids is 3. The van der Waals surface area contributed by atoms with Gasteiger partial charge in [0.15, 0.2) is 11.5 Å². The van der Waals surface area contributed by atoms with Gasteiger partial charge in [-0.25, -0.2) is 0 Å². The number of likely N-dealkylation sites (tertiary alicyclic amines) is 1. The van der Waals surface area contributed by atoms with Crippen molar-refractivity contribution in [3.8, 4) is 11.5 Å². The van der Waals surface area contributed by atoms with Crippen molar-refractivity contribution in [1.29, 1.82) is 0 Å². The van der Waals surface area contributed by atoms with E-state index in [1.807, 2.05) is 6.92 Å². The number of esters is 1. The van der Waals surface area contributed by atoms with Gasteiger partial charge in [0.05, 0.1) is 37.8 Å². The normalized spacial score (nSPS) is 16.0. The Hall–Kier alpha value is -2.48. The van der Waals surface area contributed by atoms with Crippen molar-refractivity contribution in [3.05, 3.63) is 22.7 Å². The Balaban J connectivity index is 2.05. The van der Waals surface area contributed by atoms with Gasteiger partial charge in [0, 0.05) is 25.7 Å².